The van der Waals surface area contributed by atoms with Gasteiger partial charge in [0.05, 0.1) is 5.92 Å². The van der Waals surface area contributed by atoms with Crippen LogP contribution in [-0.4, -0.2) is 74.5 Å². The molecule has 2 rings (SSSR count). The molecule has 2 aliphatic heterocycles. The van der Waals surface area contributed by atoms with Crippen molar-refractivity contribution < 1.29 is 9.59 Å². The second-order valence-electron chi connectivity index (χ2n) is 5.06. The number of nitrogens with one attached hydrogen (secondary N) is 2. The van der Waals surface area contributed by atoms with Crippen molar-refractivity contribution >= 4 is 11.8 Å². The first-order chi connectivity index (χ1) is 8.66. The second kappa shape index (κ2) is 6.15. The van der Waals surface area contributed by atoms with Gasteiger partial charge >= 0.3 is 0 Å². The second-order valence-corrected chi connectivity index (χ2v) is 5.06. The number of likely N-dealkylation sites (N-methyl/N-ethyl adjacent to an activating group) is 1. The first-order valence-corrected chi connectivity index (χ1v) is 6.61. The van der Waals surface area contributed by atoms with Crippen molar-refractivity contribution in [2.24, 2.45) is 5.92 Å². The Bertz CT molecular complexity index is 315. The van der Waals surface area contributed by atoms with Crippen molar-refractivity contribution in [2.45, 2.75) is 6.42 Å². The van der Waals surface area contributed by atoms with Gasteiger partial charge in [0.25, 0.3) is 0 Å². The summed E-state index contributed by atoms with van der Waals surface area (Å²) < 4.78 is 0. The van der Waals surface area contributed by atoms with Gasteiger partial charge in [-0.15, -0.1) is 0 Å². The van der Waals surface area contributed by atoms with Gasteiger partial charge in [-0.25, -0.2) is 0 Å². The molecule has 1 unspecified atom stereocenters. The van der Waals surface area contributed by atoms with Gasteiger partial charge in [0.1, 0.15) is 0 Å². The van der Waals surface area contributed by atoms with Crippen molar-refractivity contribution in [3.63, 3.8) is 0 Å². The van der Waals surface area contributed by atoms with E-state index in [4.69, 9.17) is 0 Å². The fraction of sp³-hybridized carbons (Fsp3) is 0.833. The van der Waals surface area contributed by atoms with E-state index in [0.29, 0.717) is 13.0 Å². The summed E-state index contributed by atoms with van der Waals surface area (Å²) >= 11 is 0. The normalized spacial score (nSPS) is 24.9. The first-order valence-electron chi connectivity index (χ1n) is 6.61. The van der Waals surface area contributed by atoms with Crippen molar-refractivity contribution in [1.82, 2.24) is 20.4 Å². The molecule has 0 bridgehead atoms. The number of carbonyl (C=O) groups is 2. The number of piperazine rings is 1. The molecular weight excluding hydrogens is 232 g/mol. The third kappa shape index (κ3) is 3.43. The lowest BCUT2D eigenvalue weighted by molar-refractivity contribution is -0.134. The molecule has 2 saturated heterocycles. The number of hydrogen-bond donors (Lipinski definition) is 2. The van der Waals surface area contributed by atoms with Crippen LogP contribution in [0.4, 0.5) is 0 Å². The van der Waals surface area contributed by atoms with E-state index in [1.165, 1.54) is 0 Å². The molecule has 18 heavy (non-hydrogen) atoms. The summed E-state index contributed by atoms with van der Waals surface area (Å²) in [4.78, 5) is 27.3. The Morgan fingerprint density at radius 3 is 2.78 bits per heavy atom. The summed E-state index contributed by atoms with van der Waals surface area (Å²) in [5.74, 6) is -0.0853. The molecule has 6 heteroatoms. The average molecular weight is 254 g/mol. The fourth-order valence-corrected chi connectivity index (χ4v) is 2.43. The van der Waals surface area contributed by atoms with E-state index in [0.717, 1.165) is 39.3 Å². The van der Waals surface area contributed by atoms with Gasteiger partial charge in [-0.1, -0.05) is 0 Å². The summed E-state index contributed by atoms with van der Waals surface area (Å²) in [6.07, 6.45) is 0.344. The van der Waals surface area contributed by atoms with E-state index in [9.17, 15) is 9.59 Å². The minimum atomic E-state index is -0.162. The average Bonchev–Trinajstić information content (AvgIpc) is 2.83. The van der Waals surface area contributed by atoms with E-state index in [1.807, 2.05) is 7.05 Å². The van der Waals surface area contributed by atoms with E-state index in [2.05, 4.69) is 15.5 Å². The Labute approximate surface area is 108 Å². The molecule has 102 valence electrons. The maximum absolute atomic E-state index is 12.1. The summed E-state index contributed by atoms with van der Waals surface area (Å²) in [7, 11) is 1.83. The lowest BCUT2D eigenvalue weighted by Crippen LogP contribution is -2.47. The van der Waals surface area contributed by atoms with Crippen LogP contribution in [0.1, 0.15) is 6.42 Å². The van der Waals surface area contributed by atoms with Crippen molar-refractivity contribution in [3.05, 3.63) is 0 Å². The largest absolute Gasteiger partial charge is 0.355 e. The molecule has 0 saturated carbocycles. The van der Waals surface area contributed by atoms with Gasteiger partial charge in [-0.05, 0) is 0 Å². The van der Waals surface area contributed by atoms with Crippen LogP contribution in [0, 0.1) is 5.92 Å². The maximum atomic E-state index is 12.1. The van der Waals surface area contributed by atoms with Crippen LogP contribution in [0.15, 0.2) is 0 Å². The van der Waals surface area contributed by atoms with Gasteiger partial charge in [0, 0.05) is 59.3 Å². The molecule has 0 spiro atoms. The minimum absolute atomic E-state index is 0.0103. The summed E-state index contributed by atoms with van der Waals surface area (Å²) in [6, 6.07) is 0. The molecule has 2 N–H and O–H groups in total. The third-order valence-corrected chi connectivity index (χ3v) is 3.66. The van der Waals surface area contributed by atoms with Crippen LogP contribution in [0.3, 0.4) is 0 Å². The molecule has 2 heterocycles. The van der Waals surface area contributed by atoms with Gasteiger partial charge < -0.3 is 15.5 Å². The van der Waals surface area contributed by atoms with Crippen molar-refractivity contribution in [3.8, 4) is 0 Å². The zero-order valence-corrected chi connectivity index (χ0v) is 10.9. The Hall–Kier alpha value is -1.14. The van der Waals surface area contributed by atoms with E-state index >= 15 is 0 Å². The van der Waals surface area contributed by atoms with E-state index < -0.39 is 0 Å². The summed E-state index contributed by atoms with van der Waals surface area (Å²) in [5, 5.41) is 6.01. The number of nitrogens with zero attached hydrogens (tertiary/aromatic N) is 2. The smallest absolute Gasteiger partial charge is 0.227 e. The third-order valence-electron chi connectivity index (χ3n) is 3.66. The highest BCUT2D eigenvalue weighted by Crippen LogP contribution is 2.11. The highest BCUT2D eigenvalue weighted by molar-refractivity contribution is 5.89. The highest BCUT2D eigenvalue weighted by Gasteiger charge is 2.29. The number of carbonyl (C=O) groups excluding carboxylic acids is 2. The Morgan fingerprint density at radius 2 is 2.17 bits per heavy atom. The predicted molar refractivity (Wildman–Crippen MR) is 68.1 cm³/mol. The van der Waals surface area contributed by atoms with E-state index in [-0.39, 0.29) is 17.7 Å². The van der Waals surface area contributed by atoms with Crippen LogP contribution in [0.5, 0.6) is 0 Å². The Kier molecular flexibility index (Phi) is 4.54. The molecule has 0 aromatic rings. The quantitative estimate of drug-likeness (QED) is 0.640. The maximum Gasteiger partial charge on any atom is 0.227 e. The topological polar surface area (TPSA) is 64.7 Å². The number of hydrogen-bond acceptors (Lipinski definition) is 4. The molecule has 0 aromatic heterocycles. The standard InChI is InChI=1S/C12H22N4O2/c1-15(6-7-16-4-2-13-3-5-16)12(18)10-8-11(17)14-9-10/h10,13H,2-9H2,1H3,(H,14,17). The van der Waals surface area contributed by atoms with Gasteiger partial charge in [0.2, 0.25) is 11.8 Å². The molecule has 0 aliphatic carbocycles. The SMILES string of the molecule is CN(CCN1CCNCC1)C(=O)C1CNC(=O)C1. The zero-order chi connectivity index (χ0) is 13.0. The molecule has 2 aliphatic rings. The molecule has 0 radical (unpaired) electrons. The molecule has 6 nitrogen and oxygen atoms in total. The molecular formula is C12H22N4O2. The van der Waals surface area contributed by atoms with Crippen molar-refractivity contribution in [2.75, 3.05) is 52.9 Å². The first kappa shape index (κ1) is 13.3. The summed E-state index contributed by atoms with van der Waals surface area (Å²) in [5.41, 5.74) is 0. The van der Waals surface area contributed by atoms with Crippen LogP contribution in [-0.2, 0) is 9.59 Å². The molecule has 2 fully saturated rings. The lowest BCUT2D eigenvalue weighted by Gasteiger charge is -2.29. The van der Waals surface area contributed by atoms with Gasteiger partial charge in [-0.2, -0.15) is 0 Å². The summed E-state index contributed by atoms with van der Waals surface area (Å²) in [6.45, 7) is 6.30. The number of amides is 2. The Morgan fingerprint density at radius 1 is 1.44 bits per heavy atom. The zero-order valence-electron chi connectivity index (χ0n) is 10.9. The van der Waals surface area contributed by atoms with Crippen LogP contribution in [0.2, 0.25) is 0 Å². The van der Waals surface area contributed by atoms with Crippen molar-refractivity contribution in [1.29, 1.82) is 0 Å². The van der Waals surface area contributed by atoms with Gasteiger partial charge in [-0.3, -0.25) is 14.5 Å². The van der Waals surface area contributed by atoms with Crippen LogP contribution in [0.25, 0.3) is 0 Å². The minimum Gasteiger partial charge on any atom is -0.355 e. The van der Waals surface area contributed by atoms with Crippen LogP contribution >= 0.6 is 0 Å². The van der Waals surface area contributed by atoms with E-state index in [1.54, 1.807) is 4.90 Å². The lowest BCUT2D eigenvalue weighted by atomic mass is 10.1. The molecule has 1 atom stereocenters. The molecule has 2 amide bonds. The predicted octanol–water partition coefficient (Wildman–Crippen LogP) is -1.51. The van der Waals surface area contributed by atoms with Gasteiger partial charge in [0.15, 0.2) is 0 Å². The molecule has 0 aromatic carbocycles. The Balaban J connectivity index is 1.71. The fourth-order valence-electron chi connectivity index (χ4n) is 2.43. The monoisotopic (exact) mass is 254 g/mol. The highest BCUT2D eigenvalue weighted by atomic mass is 16.2. The van der Waals surface area contributed by atoms with Crippen LogP contribution < -0.4 is 10.6 Å². The number of rotatable bonds is 4.